The van der Waals surface area contributed by atoms with Crippen molar-refractivity contribution in [1.29, 1.82) is 0 Å². The van der Waals surface area contributed by atoms with E-state index in [1.54, 1.807) is 31.3 Å². The van der Waals surface area contributed by atoms with E-state index in [0.29, 0.717) is 30.2 Å². The predicted molar refractivity (Wildman–Crippen MR) is 122 cm³/mol. The number of aliphatic imine (C=N–C) groups is 1. The van der Waals surface area contributed by atoms with Gasteiger partial charge in [-0.3, -0.25) is 4.99 Å². The lowest BCUT2D eigenvalue weighted by atomic mass is 10.1. The fourth-order valence-corrected chi connectivity index (χ4v) is 2.51. The number of guanidine groups is 1. The second-order valence-corrected chi connectivity index (χ2v) is 6.39. The van der Waals surface area contributed by atoms with Crippen LogP contribution in [0.15, 0.2) is 53.5 Å². The molecule has 170 valence electrons. The molecular formula is C21H25F3IN3O3. The van der Waals surface area contributed by atoms with Crippen LogP contribution in [0.4, 0.5) is 13.2 Å². The maximum atomic E-state index is 12.1. The number of hydrogen-bond donors (Lipinski definition) is 2. The van der Waals surface area contributed by atoms with Gasteiger partial charge in [-0.05, 0) is 28.8 Å². The van der Waals surface area contributed by atoms with E-state index in [-0.39, 0.29) is 36.6 Å². The van der Waals surface area contributed by atoms with Crippen LogP contribution in [0.1, 0.15) is 27.0 Å². The first-order valence-electron chi connectivity index (χ1n) is 9.15. The maximum absolute atomic E-state index is 12.1. The van der Waals surface area contributed by atoms with Gasteiger partial charge in [-0.15, -0.1) is 24.0 Å². The molecule has 0 radical (unpaired) electrons. The van der Waals surface area contributed by atoms with Crippen molar-refractivity contribution in [3.8, 4) is 0 Å². The lowest BCUT2D eigenvalue weighted by Crippen LogP contribution is -2.36. The molecule has 0 aliphatic carbocycles. The second kappa shape index (κ2) is 13.2. The standard InChI is InChI=1S/C21H24F3N3O3.HI/c1-25-20(27-12-16-7-9-18(10-8-16)19(28)29-2)26-11-15-3-5-17(6-4-15)13-30-14-21(22,23)24;/h3-10H,11-14H2,1-2H3,(H2,25,26,27);1H. The molecule has 0 amide bonds. The summed E-state index contributed by atoms with van der Waals surface area (Å²) in [4.78, 5) is 15.6. The average molecular weight is 551 g/mol. The van der Waals surface area contributed by atoms with Crippen molar-refractivity contribution >= 4 is 35.9 Å². The third-order valence-corrected chi connectivity index (χ3v) is 4.08. The van der Waals surface area contributed by atoms with Crippen LogP contribution in [0, 0.1) is 0 Å². The summed E-state index contributed by atoms with van der Waals surface area (Å²) in [5.41, 5.74) is 3.06. The smallest absolute Gasteiger partial charge is 0.411 e. The Bertz CT molecular complexity index is 842. The molecular weight excluding hydrogens is 526 g/mol. The molecule has 0 saturated carbocycles. The zero-order chi connectivity index (χ0) is 22.0. The molecule has 2 rings (SSSR count). The van der Waals surface area contributed by atoms with Crippen LogP contribution in [-0.2, 0) is 29.2 Å². The topological polar surface area (TPSA) is 72.0 Å². The van der Waals surface area contributed by atoms with Crippen LogP contribution in [-0.4, -0.2) is 38.9 Å². The van der Waals surface area contributed by atoms with Crippen molar-refractivity contribution < 1.29 is 27.4 Å². The molecule has 0 spiro atoms. The number of alkyl halides is 3. The number of carbonyl (C=O) groups excluding carboxylic acids is 1. The first kappa shape index (κ1) is 26.7. The van der Waals surface area contributed by atoms with Gasteiger partial charge in [0.05, 0.1) is 19.3 Å². The van der Waals surface area contributed by atoms with Gasteiger partial charge in [-0.1, -0.05) is 36.4 Å². The first-order valence-corrected chi connectivity index (χ1v) is 9.15. The summed E-state index contributed by atoms with van der Waals surface area (Å²) in [7, 11) is 2.99. The van der Waals surface area contributed by atoms with Crippen LogP contribution < -0.4 is 10.6 Å². The van der Waals surface area contributed by atoms with Gasteiger partial charge in [-0.25, -0.2) is 4.79 Å². The molecule has 6 nitrogen and oxygen atoms in total. The summed E-state index contributed by atoms with van der Waals surface area (Å²) in [6.07, 6.45) is -4.32. The highest BCUT2D eigenvalue weighted by Crippen LogP contribution is 2.15. The predicted octanol–water partition coefficient (Wildman–Crippen LogP) is 4.04. The number of carbonyl (C=O) groups is 1. The van der Waals surface area contributed by atoms with Crippen molar-refractivity contribution in [3.05, 3.63) is 70.8 Å². The molecule has 0 unspecified atom stereocenters. The minimum absolute atomic E-state index is 0. The fourth-order valence-electron chi connectivity index (χ4n) is 2.51. The SMILES string of the molecule is CN=C(NCc1ccc(COCC(F)(F)F)cc1)NCc1ccc(C(=O)OC)cc1.I. The van der Waals surface area contributed by atoms with E-state index < -0.39 is 12.8 Å². The molecule has 2 aromatic carbocycles. The molecule has 0 fully saturated rings. The van der Waals surface area contributed by atoms with Crippen molar-refractivity contribution in [3.63, 3.8) is 0 Å². The van der Waals surface area contributed by atoms with Crippen molar-refractivity contribution in [1.82, 2.24) is 10.6 Å². The Morgan fingerprint density at radius 1 is 0.935 bits per heavy atom. The van der Waals surface area contributed by atoms with Crippen LogP contribution in [0.3, 0.4) is 0 Å². The Balaban J connectivity index is 0.00000480. The van der Waals surface area contributed by atoms with E-state index >= 15 is 0 Å². The quantitative estimate of drug-likeness (QED) is 0.225. The maximum Gasteiger partial charge on any atom is 0.411 e. The normalized spacial score (nSPS) is 11.5. The lowest BCUT2D eigenvalue weighted by Gasteiger charge is -2.13. The minimum atomic E-state index is -4.32. The molecule has 0 aromatic heterocycles. The highest BCUT2D eigenvalue weighted by atomic mass is 127. The molecule has 0 bridgehead atoms. The van der Waals surface area contributed by atoms with Gasteiger partial charge in [0.1, 0.15) is 6.61 Å². The molecule has 31 heavy (non-hydrogen) atoms. The Morgan fingerprint density at radius 3 is 1.87 bits per heavy atom. The summed E-state index contributed by atoms with van der Waals surface area (Å²) in [6.45, 7) is -0.351. The minimum Gasteiger partial charge on any atom is -0.465 e. The molecule has 10 heteroatoms. The summed E-state index contributed by atoms with van der Waals surface area (Å²) in [6, 6.07) is 14.1. The summed E-state index contributed by atoms with van der Waals surface area (Å²) < 4.78 is 45.6. The summed E-state index contributed by atoms with van der Waals surface area (Å²) >= 11 is 0. The molecule has 0 heterocycles. The van der Waals surface area contributed by atoms with E-state index in [1.165, 1.54) is 7.11 Å². The van der Waals surface area contributed by atoms with Gasteiger partial charge in [0, 0.05) is 20.1 Å². The first-order chi connectivity index (χ1) is 14.3. The van der Waals surface area contributed by atoms with Crippen LogP contribution in [0.25, 0.3) is 0 Å². The Labute approximate surface area is 196 Å². The average Bonchev–Trinajstić information content (AvgIpc) is 2.74. The third-order valence-electron chi connectivity index (χ3n) is 4.08. The van der Waals surface area contributed by atoms with E-state index in [4.69, 9.17) is 0 Å². The molecule has 0 atom stereocenters. The molecule has 0 aliphatic rings. The number of hydrogen-bond acceptors (Lipinski definition) is 4. The van der Waals surface area contributed by atoms with Gasteiger partial charge in [-0.2, -0.15) is 13.2 Å². The monoisotopic (exact) mass is 551 g/mol. The number of esters is 1. The number of nitrogens with zero attached hydrogens (tertiary/aromatic N) is 1. The third kappa shape index (κ3) is 10.0. The largest absolute Gasteiger partial charge is 0.465 e. The number of benzene rings is 2. The van der Waals surface area contributed by atoms with Crippen LogP contribution in [0.5, 0.6) is 0 Å². The summed E-state index contributed by atoms with van der Waals surface area (Å²) in [5.74, 6) is 0.203. The molecule has 2 N–H and O–H groups in total. The van der Waals surface area contributed by atoms with E-state index in [9.17, 15) is 18.0 Å². The molecule has 0 aliphatic heterocycles. The van der Waals surface area contributed by atoms with Gasteiger partial charge in [0.25, 0.3) is 0 Å². The van der Waals surface area contributed by atoms with Crippen molar-refractivity contribution in [2.75, 3.05) is 20.8 Å². The zero-order valence-corrected chi connectivity index (χ0v) is 19.5. The number of halogens is 4. The van der Waals surface area contributed by atoms with Gasteiger partial charge >= 0.3 is 12.1 Å². The number of ether oxygens (including phenoxy) is 2. The van der Waals surface area contributed by atoms with Gasteiger partial charge < -0.3 is 20.1 Å². The Morgan fingerprint density at radius 2 is 1.42 bits per heavy atom. The zero-order valence-electron chi connectivity index (χ0n) is 17.2. The number of methoxy groups -OCH3 is 1. The van der Waals surface area contributed by atoms with Crippen LogP contribution in [0.2, 0.25) is 0 Å². The van der Waals surface area contributed by atoms with E-state index in [2.05, 4.69) is 25.1 Å². The van der Waals surface area contributed by atoms with Crippen molar-refractivity contribution in [2.24, 2.45) is 4.99 Å². The summed E-state index contributed by atoms with van der Waals surface area (Å²) in [5, 5.41) is 6.33. The van der Waals surface area contributed by atoms with Gasteiger partial charge in [0.15, 0.2) is 5.96 Å². The second-order valence-electron chi connectivity index (χ2n) is 6.39. The molecule has 0 saturated heterocycles. The fraction of sp³-hybridized carbons (Fsp3) is 0.333. The highest BCUT2D eigenvalue weighted by Gasteiger charge is 2.27. The Kier molecular flexibility index (Phi) is 11.3. The number of nitrogens with one attached hydrogen (secondary N) is 2. The number of rotatable bonds is 8. The van der Waals surface area contributed by atoms with E-state index in [1.807, 2.05) is 24.3 Å². The Hall–Kier alpha value is -2.34. The molecule has 2 aromatic rings. The van der Waals surface area contributed by atoms with E-state index in [0.717, 1.165) is 11.1 Å². The van der Waals surface area contributed by atoms with Crippen molar-refractivity contribution in [2.45, 2.75) is 25.9 Å². The van der Waals surface area contributed by atoms with Crippen LogP contribution >= 0.6 is 24.0 Å². The highest BCUT2D eigenvalue weighted by molar-refractivity contribution is 14.0. The lowest BCUT2D eigenvalue weighted by molar-refractivity contribution is -0.176. The van der Waals surface area contributed by atoms with Gasteiger partial charge in [0.2, 0.25) is 0 Å².